The van der Waals surface area contributed by atoms with Gasteiger partial charge in [-0.25, -0.2) is 0 Å². The summed E-state index contributed by atoms with van der Waals surface area (Å²) in [5.74, 6) is -7.95. The fourth-order valence-electron chi connectivity index (χ4n) is 1.93. The van der Waals surface area contributed by atoms with Crippen molar-refractivity contribution in [2.75, 3.05) is 0 Å². The van der Waals surface area contributed by atoms with E-state index in [-0.39, 0.29) is 33.1 Å². The molecule has 20 nitrogen and oxygen atoms in total. The van der Waals surface area contributed by atoms with E-state index in [9.17, 15) is 59.6 Å². The molecule has 32 heavy (non-hydrogen) atoms. The van der Waals surface area contributed by atoms with Crippen LogP contribution in [0.1, 0.15) is 28.2 Å². The average Bonchev–Trinajstić information content (AvgIpc) is 2.52. The van der Waals surface area contributed by atoms with Gasteiger partial charge in [0.15, 0.2) is 0 Å². The zero-order valence-electron chi connectivity index (χ0n) is 14.3. The van der Waals surface area contributed by atoms with Gasteiger partial charge in [-0.05, 0) is 6.92 Å². The number of amides is 4. The van der Waals surface area contributed by atoms with Gasteiger partial charge in [-0.15, -0.1) is 0 Å². The Hall–Kier alpha value is -4.91. The second-order valence-electron chi connectivity index (χ2n) is 5.12. The van der Waals surface area contributed by atoms with E-state index in [2.05, 4.69) is 10.3 Å². The lowest BCUT2D eigenvalue weighted by Crippen LogP contribution is -2.71. The van der Waals surface area contributed by atoms with E-state index in [4.69, 9.17) is 0 Å². The molecule has 176 valence electrons. The number of carbonyl (C=O) groups excluding carboxylic acids is 4. The van der Waals surface area contributed by atoms with Gasteiger partial charge in [0.1, 0.15) is 31.9 Å². The Bertz CT molecular complexity index is 915. The summed E-state index contributed by atoms with van der Waals surface area (Å²) in [7, 11) is 0. The van der Waals surface area contributed by atoms with E-state index in [0.29, 0.717) is 5.84 Å². The topological polar surface area (TPSA) is 289 Å². The van der Waals surface area contributed by atoms with Gasteiger partial charge >= 0.3 is 23.3 Å². The molecule has 3 N–H and O–H groups in total. The van der Waals surface area contributed by atoms with Gasteiger partial charge in [0.2, 0.25) is 5.91 Å². The van der Waals surface area contributed by atoms with Gasteiger partial charge < -0.3 is 5.32 Å². The Morgan fingerprint density at radius 1 is 0.844 bits per heavy atom. The Balaban J connectivity index is 0. The summed E-state index contributed by atoms with van der Waals surface area (Å²) in [4.78, 5) is 82.5. The van der Waals surface area contributed by atoms with Crippen molar-refractivity contribution < 1.29 is 38.9 Å². The molecule has 0 aliphatic carbocycles. The number of nitro groups is 4. The van der Waals surface area contributed by atoms with E-state index < -0.39 is 48.8 Å². The first kappa shape index (κ1) is 29.3. The highest BCUT2D eigenvalue weighted by Crippen LogP contribution is 2.18. The minimum Gasteiger partial charge on any atom is -0.314 e. The average molecular weight is 464 g/mol. The fraction of sp³-hybridized carbons (Fsp3) is 0.417. The summed E-state index contributed by atoms with van der Waals surface area (Å²) in [5.41, 5.74) is -4.00. The van der Waals surface area contributed by atoms with E-state index in [1.165, 1.54) is 10.6 Å². The maximum absolute atomic E-state index is 11.4. The minimum atomic E-state index is -4.00. The van der Waals surface area contributed by atoms with Crippen molar-refractivity contribution in [3.63, 3.8) is 0 Å². The maximum atomic E-state index is 11.4. The molecule has 4 amide bonds. The van der Waals surface area contributed by atoms with E-state index >= 15 is 0 Å². The second-order valence-corrected chi connectivity index (χ2v) is 5.12. The predicted octanol–water partition coefficient (Wildman–Crippen LogP) is -2.11. The van der Waals surface area contributed by atoms with Gasteiger partial charge in [0.05, 0.1) is 0 Å². The Morgan fingerprint density at radius 3 is 1.53 bits per heavy atom. The first-order valence-electron chi connectivity index (χ1n) is 7.08. The third-order valence-electron chi connectivity index (χ3n) is 3.13. The minimum absolute atomic E-state index is 0. The molecule has 2 rings (SSSR count). The van der Waals surface area contributed by atoms with Crippen molar-refractivity contribution in [1.82, 2.24) is 16.0 Å². The molecule has 1 saturated heterocycles. The molecule has 0 unspecified atom stereocenters. The summed E-state index contributed by atoms with van der Waals surface area (Å²) < 4.78 is 0. The first-order chi connectivity index (χ1) is 13.7. The highest BCUT2D eigenvalue weighted by Gasteiger charge is 2.75. The molecule has 0 aromatic heterocycles. The number of hydrogen-bond donors (Lipinski definition) is 3. The van der Waals surface area contributed by atoms with E-state index in [1.807, 2.05) is 0 Å². The molecule has 2 aliphatic heterocycles. The number of rotatable bonds is 4. The molecule has 2 aliphatic rings. The highest BCUT2D eigenvalue weighted by atomic mass is 16.7. The third-order valence-corrected chi connectivity index (χ3v) is 3.13. The molecule has 0 bridgehead atoms. The lowest BCUT2D eigenvalue weighted by atomic mass is 10.1. The van der Waals surface area contributed by atoms with Crippen molar-refractivity contribution in [3.8, 4) is 0 Å². The monoisotopic (exact) mass is 464 g/mol. The molecule has 0 spiro atoms. The van der Waals surface area contributed by atoms with Crippen molar-refractivity contribution >= 4 is 29.5 Å². The van der Waals surface area contributed by atoms with Crippen LogP contribution in [-0.4, -0.2) is 54.8 Å². The third kappa shape index (κ3) is 5.58. The summed E-state index contributed by atoms with van der Waals surface area (Å²) in [5, 5.41) is 46.9. The van der Waals surface area contributed by atoms with E-state index in [1.54, 1.807) is 6.92 Å². The van der Waals surface area contributed by atoms with Gasteiger partial charge in [-0.1, -0.05) is 14.9 Å². The number of nitrogens with zero attached hydrogens (tertiary/aromatic N) is 5. The summed E-state index contributed by atoms with van der Waals surface area (Å²) in [6, 6.07) is 0. The molecule has 20 heteroatoms. The Kier molecular flexibility index (Phi) is 9.84. The predicted molar refractivity (Wildman–Crippen MR) is 98.4 cm³/mol. The van der Waals surface area contributed by atoms with Crippen molar-refractivity contribution in [2.24, 2.45) is 4.99 Å². The fourth-order valence-corrected chi connectivity index (χ4v) is 1.93. The van der Waals surface area contributed by atoms with Crippen LogP contribution in [-0.2, 0) is 19.2 Å². The Morgan fingerprint density at radius 2 is 1.25 bits per heavy atom. The van der Waals surface area contributed by atoms with Gasteiger partial charge in [0, 0.05) is 0 Å². The normalized spacial score (nSPS) is 16.2. The first-order valence-corrected chi connectivity index (χ1v) is 7.08. The zero-order chi connectivity index (χ0) is 23.4. The molecular weight excluding hydrogens is 448 g/mol. The quantitative estimate of drug-likeness (QED) is 0.174. The summed E-state index contributed by atoms with van der Waals surface area (Å²) >= 11 is 0. The number of aliphatic imine (C=N–C) groups is 1. The number of hydrogen-bond acceptors (Lipinski definition) is 12. The molecule has 1 fully saturated rings. The standard InChI is InChI=1S/C5H2N6O10.C5H6N2O2.2CH4/c12-3-5(10(18)19,11(20)21)4(13)7-1(6-3)2(8(14)15)9(16)17;1-3-6-4(8)2-5(9)7-3;;/h(H,6,12)(H,7,13);2H2,1H3,(H,6,7,8,9);2*1H4. The lowest BCUT2D eigenvalue weighted by molar-refractivity contribution is -0.756. The molecule has 0 saturated carbocycles. The summed E-state index contributed by atoms with van der Waals surface area (Å²) in [6.45, 7) is 1.58. The van der Waals surface area contributed by atoms with Crippen LogP contribution in [0.5, 0.6) is 0 Å². The van der Waals surface area contributed by atoms with Crippen molar-refractivity contribution in [3.05, 3.63) is 52.1 Å². The maximum Gasteiger partial charge on any atom is 0.613 e. The smallest absolute Gasteiger partial charge is 0.314 e. The summed E-state index contributed by atoms with van der Waals surface area (Å²) in [6.07, 6.45) is -0.114. The van der Waals surface area contributed by atoms with Crippen molar-refractivity contribution in [2.45, 2.75) is 33.9 Å². The van der Waals surface area contributed by atoms with Crippen LogP contribution in [0.4, 0.5) is 0 Å². The molecular formula is C12H16N8O12. The van der Waals surface area contributed by atoms with Crippen LogP contribution in [0, 0.1) is 40.5 Å². The SMILES string of the molecule is C.C.CC1=NC(=O)CC(=O)N1.O=C1NC(=C([N+](=O)[O-])[N+](=O)[O-])NC(=O)C1([N+](=O)[O-])[N+](=O)[O-]. The van der Waals surface area contributed by atoms with Gasteiger partial charge in [-0.2, -0.15) is 4.99 Å². The van der Waals surface area contributed by atoms with Crippen LogP contribution in [0.2, 0.25) is 0 Å². The van der Waals surface area contributed by atoms with Gasteiger partial charge in [-0.3, -0.25) is 70.3 Å². The van der Waals surface area contributed by atoms with Crippen LogP contribution in [0.3, 0.4) is 0 Å². The number of nitrogens with one attached hydrogen (secondary N) is 3. The molecule has 2 heterocycles. The van der Waals surface area contributed by atoms with Crippen LogP contribution < -0.4 is 16.0 Å². The number of carbonyl (C=O) groups is 4. The van der Waals surface area contributed by atoms with Crippen LogP contribution >= 0.6 is 0 Å². The van der Waals surface area contributed by atoms with Crippen molar-refractivity contribution in [1.29, 1.82) is 0 Å². The molecule has 0 atom stereocenters. The largest absolute Gasteiger partial charge is 0.613 e. The van der Waals surface area contributed by atoms with E-state index in [0.717, 1.165) is 0 Å². The second kappa shape index (κ2) is 10.7. The zero-order valence-corrected chi connectivity index (χ0v) is 14.3. The van der Waals surface area contributed by atoms with Crippen LogP contribution in [0.25, 0.3) is 0 Å². The van der Waals surface area contributed by atoms with Crippen LogP contribution in [0.15, 0.2) is 16.6 Å². The van der Waals surface area contributed by atoms with Gasteiger partial charge in [0.25, 0.3) is 11.7 Å². The Labute approximate surface area is 176 Å². The highest BCUT2D eigenvalue weighted by molar-refractivity contribution is 6.13. The lowest BCUT2D eigenvalue weighted by Gasteiger charge is -2.20. The molecule has 0 radical (unpaired) electrons. The number of amidine groups is 1. The molecule has 0 aromatic carbocycles. The molecule has 0 aromatic rings.